The summed E-state index contributed by atoms with van der Waals surface area (Å²) in [5.74, 6) is 2.18. The number of amides is 1. The second kappa shape index (κ2) is 11.2. The van der Waals surface area contributed by atoms with E-state index >= 15 is 0 Å². The van der Waals surface area contributed by atoms with Gasteiger partial charge in [0.2, 0.25) is 11.7 Å². The maximum atomic E-state index is 13.7. The van der Waals surface area contributed by atoms with Gasteiger partial charge < -0.3 is 29.0 Å². The average Bonchev–Trinajstić information content (AvgIpc) is 2.90. The molecule has 7 heteroatoms. The van der Waals surface area contributed by atoms with Gasteiger partial charge in [0, 0.05) is 24.1 Å². The summed E-state index contributed by atoms with van der Waals surface area (Å²) in [6.07, 6.45) is 7.64. The minimum Gasteiger partial charge on any atom is -0.494 e. The van der Waals surface area contributed by atoms with Gasteiger partial charge in [-0.05, 0) is 56.0 Å². The Morgan fingerprint density at radius 2 is 1.78 bits per heavy atom. The van der Waals surface area contributed by atoms with Crippen molar-refractivity contribution < 1.29 is 28.8 Å². The van der Waals surface area contributed by atoms with E-state index in [9.17, 15) is 9.90 Å². The van der Waals surface area contributed by atoms with E-state index in [-0.39, 0.29) is 17.9 Å². The van der Waals surface area contributed by atoms with Gasteiger partial charge in [0.05, 0.1) is 39.6 Å². The van der Waals surface area contributed by atoms with Crippen molar-refractivity contribution in [3.05, 3.63) is 53.6 Å². The molecule has 7 nitrogen and oxygen atoms in total. The van der Waals surface area contributed by atoms with E-state index < -0.39 is 5.60 Å². The molecule has 0 unspecified atom stereocenters. The summed E-state index contributed by atoms with van der Waals surface area (Å²) in [7, 11) is 4.69. The van der Waals surface area contributed by atoms with E-state index in [1.165, 1.54) is 0 Å². The highest BCUT2D eigenvalue weighted by molar-refractivity contribution is 5.92. The molecule has 1 aliphatic carbocycles. The zero-order chi connectivity index (χ0) is 25.7. The van der Waals surface area contributed by atoms with Crippen molar-refractivity contribution >= 4 is 12.0 Å². The number of likely N-dealkylation sites (tertiary alicyclic amines) is 1. The molecule has 0 radical (unpaired) electrons. The summed E-state index contributed by atoms with van der Waals surface area (Å²) in [4.78, 5) is 15.6. The maximum Gasteiger partial charge on any atom is 0.247 e. The smallest absolute Gasteiger partial charge is 0.247 e. The monoisotopic (exact) mass is 495 g/mol. The van der Waals surface area contributed by atoms with Crippen molar-refractivity contribution in [3.8, 4) is 23.0 Å². The van der Waals surface area contributed by atoms with Crippen LogP contribution in [0.5, 0.6) is 23.0 Å². The van der Waals surface area contributed by atoms with Crippen LogP contribution in [0.2, 0.25) is 0 Å². The molecule has 36 heavy (non-hydrogen) atoms. The third-order valence-corrected chi connectivity index (χ3v) is 7.49. The van der Waals surface area contributed by atoms with Gasteiger partial charge in [0.1, 0.15) is 5.75 Å². The molecule has 2 aromatic carbocycles. The predicted molar refractivity (Wildman–Crippen MR) is 139 cm³/mol. The van der Waals surface area contributed by atoms with Crippen LogP contribution in [0.4, 0.5) is 0 Å². The van der Waals surface area contributed by atoms with Crippen molar-refractivity contribution in [2.75, 3.05) is 34.5 Å². The Bertz CT molecular complexity index is 1070. The number of hydrogen-bond acceptors (Lipinski definition) is 6. The molecule has 1 amide bonds. The van der Waals surface area contributed by atoms with Gasteiger partial charge in [0.15, 0.2) is 11.5 Å². The second-order valence-corrected chi connectivity index (χ2v) is 9.45. The summed E-state index contributed by atoms with van der Waals surface area (Å²) in [6, 6.07) is 11.3. The summed E-state index contributed by atoms with van der Waals surface area (Å²) < 4.78 is 22.3. The zero-order valence-corrected chi connectivity index (χ0v) is 21.7. The molecular weight excluding hydrogens is 458 g/mol. The molecule has 4 rings (SSSR count). The molecule has 194 valence electrons. The van der Waals surface area contributed by atoms with Crippen molar-refractivity contribution in [2.45, 2.75) is 50.7 Å². The Morgan fingerprint density at radius 1 is 1.06 bits per heavy atom. The quantitative estimate of drug-likeness (QED) is 0.518. The number of piperidine rings is 1. The zero-order valence-electron chi connectivity index (χ0n) is 21.7. The summed E-state index contributed by atoms with van der Waals surface area (Å²) in [5.41, 5.74) is 0.952. The lowest BCUT2D eigenvalue weighted by molar-refractivity contribution is -0.151. The molecule has 1 aliphatic heterocycles. The van der Waals surface area contributed by atoms with Crippen LogP contribution in [0.25, 0.3) is 6.08 Å². The summed E-state index contributed by atoms with van der Waals surface area (Å²) in [5, 5.41) is 11.6. The lowest BCUT2D eigenvalue weighted by Crippen LogP contribution is -2.56. The van der Waals surface area contributed by atoms with Gasteiger partial charge in [0.25, 0.3) is 0 Å². The van der Waals surface area contributed by atoms with Crippen LogP contribution < -0.4 is 18.9 Å². The number of ether oxygens (including phenoxy) is 4. The highest BCUT2D eigenvalue weighted by Gasteiger charge is 2.50. The number of fused-ring (bicyclic) bond motifs is 1. The molecular formula is C29H37NO6. The standard InChI is InChI=1S/C29H37NO6/c1-5-36-23-12-7-6-10-21(23)27-22-11-8-9-15-29(22,32)16-17-30(27)26(31)14-13-20-18-24(33-2)28(35-4)25(19-20)34-3/h6-7,10,12-14,18-19,22,27,32H,5,8-9,11,15-17H2,1-4H3/t22-,27-,29+/m1/s1. The molecule has 3 atom stereocenters. The Morgan fingerprint density at radius 3 is 2.44 bits per heavy atom. The first kappa shape index (κ1) is 25.9. The van der Waals surface area contributed by atoms with Crippen LogP contribution in [-0.4, -0.2) is 56.0 Å². The minimum atomic E-state index is -0.764. The highest BCUT2D eigenvalue weighted by Crippen LogP contribution is 2.51. The van der Waals surface area contributed by atoms with Crippen LogP contribution in [0.1, 0.15) is 56.2 Å². The molecule has 0 bridgehead atoms. The lowest BCUT2D eigenvalue weighted by Gasteiger charge is -2.52. The van der Waals surface area contributed by atoms with Gasteiger partial charge in [-0.25, -0.2) is 0 Å². The van der Waals surface area contributed by atoms with Crippen molar-refractivity contribution in [1.29, 1.82) is 0 Å². The first-order valence-electron chi connectivity index (χ1n) is 12.7. The van der Waals surface area contributed by atoms with Gasteiger partial charge in [-0.15, -0.1) is 0 Å². The van der Waals surface area contributed by atoms with Crippen LogP contribution in [0.15, 0.2) is 42.5 Å². The molecule has 1 heterocycles. The summed E-state index contributed by atoms with van der Waals surface area (Å²) >= 11 is 0. The Hall–Kier alpha value is -3.19. The molecule has 0 spiro atoms. The number of carbonyl (C=O) groups excluding carboxylic acids is 1. The molecule has 0 aromatic heterocycles. The molecule has 1 saturated heterocycles. The van der Waals surface area contributed by atoms with E-state index in [2.05, 4.69) is 0 Å². The van der Waals surface area contributed by atoms with Crippen LogP contribution in [0.3, 0.4) is 0 Å². The number of aliphatic hydroxyl groups is 1. The first-order chi connectivity index (χ1) is 17.5. The van der Waals surface area contributed by atoms with Crippen molar-refractivity contribution in [1.82, 2.24) is 4.90 Å². The fourth-order valence-corrected chi connectivity index (χ4v) is 5.79. The SMILES string of the molecule is CCOc1ccccc1[C@@H]1[C@H]2CCCC[C@]2(O)CCN1C(=O)C=Cc1cc(OC)c(OC)c(OC)c1. The number of para-hydroxylation sites is 1. The normalized spacial score (nSPS) is 23.8. The Kier molecular flexibility index (Phi) is 8.09. The molecule has 2 fully saturated rings. The number of carbonyl (C=O) groups is 1. The van der Waals surface area contributed by atoms with E-state index in [1.807, 2.05) is 48.2 Å². The highest BCUT2D eigenvalue weighted by atomic mass is 16.5. The van der Waals surface area contributed by atoms with Gasteiger partial charge in [-0.3, -0.25) is 4.79 Å². The van der Waals surface area contributed by atoms with Crippen molar-refractivity contribution in [2.24, 2.45) is 5.92 Å². The third-order valence-electron chi connectivity index (χ3n) is 7.49. The van der Waals surface area contributed by atoms with Crippen molar-refractivity contribution in [3.63, 3.8) is 0 Å². The second-order valence-electron chi connectivity index (χ2n) is 9.45. The topological polar surface area (TPSA) is 77.5 Å². The van der Waals surface area contributed by atoms with Gasteiger partial charge in [-0.2, -0.15) is 0 Å². The number of nitrogens with zero attached hydrogens (tertiary/aromatic N) is 1. The fourth-order valence-electron chi connectivity index (χ4n) is 5.79. The van der Waals surface area contributed by atoms with Crippen LogP contribution >= 0.6 is 0 Å². The van der Waals surface area contributed by atoms with Gasteiger partial charge >= 0.3 is 0 Å². The maximum absolute atomic E-state index is 13.7. The fraction of sp³-hybridized carbons (Fsp3) is 0.483. The Labute approximate surface area is 213 Å². The van der Waals surface area contributed by atoms with E-state index in [0.717, 1.165) is 42.6 Å². The number of methoxy groups -OCH3 is 3. The van der Waals surface area contributed by atoms with Gasteiger partial charge in [-0.1, -0.05) is 31.0 Å². The minimum absolute atomic E-state index is 0.0415. The third kappa shape index (κ3) is 5.03. The van der Waals surface area contributed by atoms with E-state index in [4.69, 9.17) is 18.9 Å². The first-order valence-corrected chi connectivity index (χ1v) is 12.7. The van der Waals surface area contributed by atoms with Crippen LogP contribution in [0, 0.1) is 5.92 Å². The Balaban J connectivity index is 1.69. The number of benzene rings is 2. The average molecular weight is 496 g/mol. The molecule has 2 aromatic rings. The molecule has 2 aliphatic rings. The molecule has 1 saturated carbocycles. The van der Waals surface area contributed by atoms with E-state index in [1.54, 1.807) is 33.5 Å². The molecule has 1 N–H and O–H groups in total. The lowest BCUT2D eigenvalue weighted by atomic mass is 9.66. The largest absolute Gasteiger partial charge is 0.494 e. The van der Waals surface area contributed by atoms with E-state index in [0.29, 0.717) is 36.8 Å². The number of hydrogen-bond donors (Lipinski definition) is 1. The predicted octanol–water partition coefficient (Wildman–Crippen LogP) is 5.02. The van der Waals surface area contributed by atoms with Crippen LogP contribution in [-0.2, 0) is 4.79 Å². The summed E-state index contributed by atoms with van der Waals surface area (Å²) in [6.45, 7) is 2.97. The number of rotatable bonds is 8.